The summed E-state index contributed by atoms with van der Waals surface area (Å²) in [7, 11) is 0. The van der Waals surface area contributed by atoms with Crippen molar-refractivity contribution in [3.05, 3.63) is 79.1 Å². The molecule has 0 spiro atoms. The molecule has 8 heteroatoms. The molecule has 1 heterocycles. The predicted molar refractivity (Wildman–Crippen MR) is 129 cm³/mol. The average Bonchev–Trinajstić information content (AvgIpc) is 2.84. The molecule has 3 rings (SSSR count). The number of aliphatic imine (C=N–C) groups is 1. The number of hydrogen-bond donors (Lipinski definition) is 3. The molecule has 0 saturated heterocycles. The van der Waals surface area contributed by atoms with Crippen molar-refractivity contribution in [1.82, 2.24) is 15.0 Å². The summed E-state index contributed by atoms with van der Waals surface area (Å²) in [6.45, 7) is 1.34. The third-order valence-corrected chi connectivity index (χ3v) is 5.88. The zero-order valence-electron chi connectivity index (χ0n) is 17.7. The van der Waals surface area contributed by atoms with Gasteiger partial charge in [-0.2, -0.15) is 5.26 Å². The van der Waals surface area contributed by atoms with Crippen LogP contribution in [-0.2, 0) is 11.4 Å². The van der Waals surface area contributed by atoms with E-state index in [9.17, 15) is 4.55 Å². The Balaban J connectivity index is 1.38. The maximum Gasteiger partial charge on any atom is 0.211 e. The zero-order chi connectivity index (χ0) is 22.4. The number of unbranched alkanes of at least 4 members (excludes halogenated alkanes) is 2. The van der Waals surface area contributed by atoms with E-state index in [0.717, 1.165) is 41.0 Å². The van der Waals surface area contributed by atoms with Crippen LogP contribution in [0.1, 0.15) is 19.3 Å². The van der Waals surface area contributed by atoms with Crippen molar-refractivity contribution in [3.63, 3.8) is 0 Å². The first-order valence-electron chi connectivity index (χ1n) is 10.5. The van der Waals surface area contributed by atoms with E-state index < -0.39 is 11.4 Å². The number of nitrogens with one attached hydrogen (secondary N) is 3. The molecule has 0 bridgehead atoms. The molecular formula is C24H26N6OS. The summed E-state index contributed by atoms with van der Waals surface area (Å²) in [6, 6.07) is 21.4. The van der Waals surface area contributed by atoms with Gasteiger partial charge in [-0.15, -0.1) is 9.71 Å². The van der Waals surface area contributed by atoms with Gasteiger partial charge < -0.3 is 15.2 Å². The summed E-state index contributed by atoms with van der Waals surface area (Å²) in [5.41, 5.74) is 2.85. The van der Waals surface area contributed by atoms with E-state index in [1.54, 1.807) is 30.7 Å². The van der Waals surface area contributed by atoms with Crippen molar-refractivity contribution in [2.24, 2.45) is 4.99 Å². The predicted octanol–water partition coefficient (Wildman–Crippen LogP) is 4.07. The minimum Gasteiger partial charge on any atom is -0.593 e. The topological polar surface area (TPSA) is 108 Å². The molecule has 3 N–H and O–H groups in total. The fraction of sp³-hybridized carbons (Fsp3) is 0.208. The van der Waals surface area contributed by atoms with Crippen molar-refractivity contribution in [1.29, 1.82) is 5.26 Å². The van der Waals surface area contributed by atoms with Gasteiger partial charge in [0.25, 0.3) is 0 Å². The molecule has 0 fully saturated rings. The lowest BCUT2D eigenvalue weighted by Crippen LogP contribution is -2.31. The summed E-state index contributed by atoms with van der Waals surface area (Å²) >= 11 is -1.27. The summed E-state index contributed by atoms with van der Waals surface area (Å²) in [5, 5.41) is 15.1. The highest BCUT2D eigenvalue weighted by atomic mass is 32.2. The first-order chi connectivity index (χ1) is 15.8. The highest BCUT2D eigenvalue weighted by Crippen LogP contribution is 2.26. The lowest BCUT2D eigenvalue weighted by Gasteiger charge is -2.14. The van der Waals surface area contributed by atoms with E-state index in [4.69, 9.17) is 5.26 Å². The molecule has 0 radical (unpaired) electrons. The van der Waals surface area contributed by atoms with E-state index in [1.807, 2.05) is 54.6 Å². The second-order valence-electron chi connectivity index (χ2n) is 6.93. The van der Waals surface area contributed by atoms with Gasteiger partial charge >= 0.3 is 0 Å². The van der Waals surface area contributed by atoms with Crippen molar-refractivity contribution in [2.75, 3.05) is 18.4 Å². The third-order valence-electron chi connectivity index (χ3n) is 4.66. The van der Waals surface area contributed by atoms with Gasteiger partial charge in [0.15, 0.2) is 4.90 Å². The molecule has 164 valence electrons. The maximum atomic E-state index is 12.8. The average molecular weight is 447 g/mol. The van der Waals surface area contributed by atoms with Crippen molar-refractivity contribution in [2.45, 2.75) is 24.2 Å². The number of pyridine rings is 1. The minimum atomic E-state index is -1.27. The highest BCUT2D eigenvalue weighted by Gasteiger charge is 2.16. The van der Waals surface area contributed by atoms with Crippen molar-refractivity contribution < 1.29 is 4.55 Å². The smallest absolute Gasteiger partial charge is 0.211 e. The van der Waals surface area contributed by atoms with E-state index in [-0.39, 0.29) is 0 Å². The Morgan fingerprint density at radius 3 is 2.44 bits per heavy atom. The van der Waals surface area contributed by atoms with Crippen LogP contribution in [0.2, 0.25) is 0 Å². The molecule has 3 aromatic rings. The summed E-state index contributed by atoms with van der Waals surface area (Å²) in [5.74, 6) is 0.412. The molecule has 32 heavy (non-hydrogen) atoms. The van der Waals surface area contributed by atoms with Crippen LogP contribution in [0.15, 0.2) is 89.0 Å². The van der Waals surface area contributed by atoms with Gasteiger partial charge in [0.2, 0.25) is 12.2 Å². The number of nitriles is 1. The van der Waals surface area contributed by atoms with Crippen LogP contribution >= 0.6 is 0 Å². The number of hydrogen-bond acceptors (Lipinski definition) is 5. The minimum absolute atomic E-state index is 0.412. The van der Waals surface area contributed by atoms with Crippen LogP contribution in [0.25, 0.3) is 11.1 Å². The number of anilines is 1. The fourth-order valence-electron chi connectivity index (χ4n) is 3.09. The zero-order valence-corrected chi connectivity index (χ0v) is 18.5. The molecule has 0 aliphatic heterocycles. The second kappa shape index (κ2) is 13.1. The molecule has 7 nitrogen and oxygen atoms in total. The number of nitrogens with zero attached hydrogens (tertiary/aromatic N) is 3. The Morgan fingerprint density at radius 1 is 0.938 bits per heavy atom. The first-order valence-corrected chi connectivity index (χ1v) is 11.6. The van der Waals surface area contributed by atoms with E-state index >= 15 is 0 Å². The quantitative estimate of drug-likeness (QED) is 0.142. The van der Waals surface area contributed by atoms with Crippen LogP contribution in [0.4, 0.5) is 5.69 Å². The van der Waals surface area contributed by atoms with Gasteiger partial charge in [0.1, 0.15) is 0 Å². The number of rotatable bonds is 10. The summed E-state index contributed by atoms with van der Waals surface area (Å²) in [4.78, 5) is 8.52. The molecular weight excluding hydrogens is 420 g/mol. The normalized spacial score (nSPS) is 12.1. The van der Waals surface area contributed by atoms with Gasteiger partial charge in [-0.1, -0.05) is 48.9 Å². The fourth-order valence-corrected chi connectivity index (χ4v) is 4.17. The van der Waals surface area contributed by atoms with Gasteiger partial charge in [-0.3, -0.25) is 4.98 Å². The Labute approximate surface area is 191 Å². The van der Waals surface area contributed by atoms with Crippen LogP contribution < -0.4 is 15.4 Å². The molecule has 1 atom stereocenters. The molecule has 0 saturated carbocycles. The van der Waals surface area contributed by atoms with Crippen LogP contribution in [0, 0.1) is 11.5 Å². The van der Waals surface area contributed by atoms with Gasteiger partial charge in [-0.05, 0) is 42.7 Å². The van der Waals surface area contributed by atoms with Gasteiger partial charge in [0.05, 0.1) is 11.4 Å². The maximum absolute atomic E-state index is 12.8. The van der Waals surface area contributed by atoms with Gasteiger partial charge in [-0.25, -0.2) is 0 Å². The van der Waals surface area contributed by atoms with E-state index in [1.165, 1.54) is 0 Å². The molecule has 1 aromatic heterocycles. The van der Waals surface area contributed by atoms with E-state index in [2.05, 4.69) is 25.3 Å². The third kappa shape index (κ3) is 7.39. The summed E-state index contributed by atoms with van der Waals surface area (Å²) < 4.78 is 15.9. The number of benzene rings is 2. The lowest BCUT2D eigenvalue weighted by molar-refractivity contribution is 0.573. The van der Waals surface area contributed by atoms with Gasteiger partial charge in [0, 0.05) is 36.7 Å². The van der Waals surface area contributed by atoms with Crippen molar-refractivity contribution >= 4 is 23.0 Å². The van der Waals surface area contributed by atoms with Crippen LogP contribution in [-0.4, -0.2) is 28.6 Å². The standard InChI is InChI=1S/C24H26N6OS/c25-19-28-24(30-21-13-17-26-18-14-21)27-15-7-2-8-16-29-32(31)23-12-6-5-11-22(23)20-9-3-1-4-10-20/h1,3-6,9-14,17-18,29H,2,7-8,15-16H2,(H2,26,27,28,30). The molecule has 2 aromatic carbocycles. The van der Waals surface area contributed by atoms with Crippen molar-refractivity contribution in [3.8, 4) is 17.3 Å². The summed E-state index contributed by atoms with van der Waals surface area (Å²) in [6.07, 6.45) is 7.88. The lowest BCUT2D eigenvalue weighted by atomic mass is 10.1. The Kier molecular flexibility index (Phi) is 9.55. The number of guanidine groups is 1. The van der Waals surface area contributed by atoms with Crippen LogP contribution in [0.5, 0.6) is 0 Å². The van der Waals surface area contributed by atoms with Crippen LogP contribution in [0.3, 0.4) is 0 Å². The van der Waals surface area contributed by atoms with E-state index in [0.29, 0.717) is 19.0 Å². The molecule has 0 aliphatic rings. The Morgan fingerprint density at radius 2 is 1.66 bits per heavy atom. The largest absolute Gasteiger partial charge is 0.593 e. The molecule has 0 aliphatic carbocycles. The number of aromatic nitrogens is 1. The Bertz CT molecular complexity index is 1020. The molecule has 1 unspecified atom stereocenters. The monoisotopic (exact) mass is 446 g/mol. The molecule has 0 amide bonds. The highest BCUT2D eigenvalue weighted by molar-refractivity contribution is 7.89. The first kappa shape index (κ1) is 23.3. The second-order valence-corrected chi connectivity index (χ2v) is 8.20. The SMILES string of the molecule is N#C/N=C(\NCCCCCN[S+]([O-])c1ccccc1-c1ccccc1)Nc1ccncc1. The Hall–Kier alpha value is -3.38.